The molecular weight excluding hydrogens is 368 g/mol. The second kappa shape index (κ2) is 8.30. The number of rotatable bonds is 5. The summed E-state index contributed by atoms with van der Waals surface area (Å²) in [6, 6.07) is 13.3. The van der Waals surface area contributed by atoms with E-state index in [-0.39, 0.29) is 5.91 Å². The number of amides is 1. The zero-order valence-electron chi connectivity index (χ0n) is 16.6. The SMILES string of the molecule is Cc1ccn(-c2cc(N3CCN(C(=O)[C@@H](C)Oc4ccccc4)CC3)ncn2)n1. The number of aromatic nitrogens is 4. The Hall–Kier alpha value is -3.42. The molecule has 2 aromatic heterocycles. The summed E-state index contributed by atoms with van der Waals surface area (Å²) in [5.41, 5.74) is 0.934. The number of anilines is 1. The van der Waals surface area contributed by atoms with E-state index >= 15 is 0 Å². The van der Waals surface area contributed by atoms with Crippen LogP contribution in [0.3, 0.4) is 0 Å². The van der Waals surface area contributed by atoms with Crippen molar-refractivity contribution in [1.29, 1.82) is 0 Å². The molecule has 0 radical (unpaired) electrons. The lowest BCUT2D eigenvalue weighted by molar-refractivity contribution is -0.138. The molecule has 29 heavy (non-hydrogen) atoms. The third-order valence-electron chi connectivity index (χ3n) is 4.91. The van der Waals surface area contributed by atoms with Gasteiger partial charge in [-0.2, -0.15) is 5.10 Å². The Balaban J connectivity index is 1.36. The van der Waals surface area contributed by atoms with Crippen molar-refractivity contribution in [3.8, 4) is 11.6 Å². The zero-order chi connectivity index (χ0) is 20.2. The lowest BCUT2D eigenvalue weighted by Gasteiger charge is -2.36. The van der Waals surface area contributed by atoms with E-state index < -0.39 is 6.10 Å². The van der Waals surface area contributed by atoms with E-state index in [0.29, 0.717) is 31.9 Å². The van der Waals surface area contributed by atoms with Crippen LogP contribution >= 0.6 is 0 Å². The van der Waals surface area contributed by atoms with Crippen molar-refractivity contribution in [2.75, 3.05) is 31.1 Å². The molecule has 8 heteroatoms. The van der Waals surface area contributed by atoms with Gasteiger partial charge in [0.1, 0.15) is 17.9 Å². The van der Waals surface area contributed by atoms with Crippen molar-refractivity contribution < 1.29 is 9.53 Å². The van der Waals surface area contributed by atoms with Crippen molar-refractivity contribution in [2.45, 2.75) is 20.0 Å². The van der Waals surface area contributed by atoms with Crippen molar-refractivity contribution in [3.05, 3.63) is 60.7 Å². The first-order chi connectivity index (χ1) is 14.1. The monoisotopic (exact) mass is 392 g/mol. The second-order valence-corrected chi connectivity index (χ2v) is 7.02. The van der Waals surface area contributed by atoms with E-state index in [1.807, 2.05) is 60.5 Å². The standard InChI is InChI=1S/C21H24N6O2/c1-16-8-9-27(24-16)20-14-19(22-15-23-20)25-10-12-26(13-11-25)21(28)17(2)29-18-6-4-3-5-7-18/h3-9,14-15,17H,10-13H2,1-2H3/t17-/m1/s1. The molecule has 1 saturated heterocycles. The molecule has 1 aliphatic heterocycles. The number of carbonyl (C=O) groups is 1. The number of piperazine rings is 1. The van der Waals surface area contributed by atoms with E-state index in [4.69, 9.17) is 4.74 Å². The van der Waals surface area contributed by atoms with Crippen LogP contribution in [0.2, 0.25) is 0 Å². The minimum Gasteiger partial charge on any atom is -0.481 e. The molecule has 4 rings (SSSR count). The molecule has 1 aliphatic rings. The van der Waals surface area contributed by atoms with Crippen molar-refractivity contribution >= 4 is 11.7 Å². The molecule has 0 spiro atoms. The van der Waals surface area contributed by atoms with Crippen LogP contribution in [0.4, 0.5) is 5.82 Å². The number of aryl methyl sites for hydroxylation is 1. The minimum absolute atomic E-state index is 0.00361. The first kappa shape index (κ1) is 18.9. The molecule has 3 aromatic rings. The Morgan fingerprint density at radius 1 is 1.03 bits per heavy atom. The quantitative estimate of drug-likeness (QED) is 0.662. The number of carbonyl (C=O) groups excluding carboxylic acids is 1. The van der Waals surface area contributed by atoms with Crippen LogP contribution in [0.1, 0.15) is 12.6 Å². The Kier molecular flexibility index (Phi) is 5.41. The first-order valence-electron chi connectivity index (χ1n) is 9.70. The van der Waals surface area contributed by atoms with Crippen molar-refractivity contribution in [2.24, 2.45) is 0 Å². The highest BCUT2D eigenvalue weighted by molar-refractivity contribution is 5.81. The number of hydrogen-bond acceptors (Lipinski definition) is 6. The van der Waals surface area contributed by atoms with Gasteiger partial charge in [-0.15, -0.1) is 0 Å². The molecule has 0 bridgehead atoms. The minimum atomic E-state index is -0.516. The van der Waals surface area contributed by atoms with Crippen LogP contribution in [0.25, 0.3) is 5.82 Å². The fraction of sp³-hybridized carbons (Fsp3) is 0.333. The third-order valence-corrected chi connectivity index (χ3v) is 4.91. The number of hydrogen-bond donors (Lipinski definition) is 0. The average Bonchev–Trinajstić information content (AvgIpc) is 3.20. The molecule has 3 heterocycles. The highest BCUT2D eigenvalue weighted by Crippen LogP contribution is 2.17. The molecule has 1 fully saturated rings. The first-order valence-corrected chi connectivity index (χ1v) is 9.70. The van der Waals surface area contributed by atoms with Crippen LogP contribution in [0, 0.1) is 6.92 Å². The summed E-state index contributed by atoms with van der Waals surface area (Å²) in [6.45, 7) is 6.40. The van der Waals surface area contributed by atoms with Gasteiger partial charge in [0.05, 0.1) is 5.69 Å². The summed E-state index contributed by atoms with van der Waals surface area (Å²) < 4.78 is 7.51. The predicted molar refractivity (Wildman–Crippen MR) is 109 cm³/mol. The molecule has 0 saturated carbocycles. The summed E-state index contributed by atoms with van der Waals surface area (Å²) in [5, 5.41) is 4.40. The third kappa shape index (κ3) is 4.37. The van der Waals surface area contributed by atoms with Gasteiger partial charge in [0, 0.05) is 38.4 Å². The maximum absolute atomic E-state index is 12.7. The highest BCUT2D eigenvalue weighted by atomic mass is 16.5. The van der Waals surface area contributed by atoms with Gasteiger partial charge in [-0.1, -0.05) is 18.2 Å². The van der Waals surface area contributed by atoms with Crippen LogP contribution in [-0.2, 0) is 4.79 Å². The number of para-hydroxylation sites is 1. The molecule has 1 aromatic carbocycles. The van der Waals surface area contributed by atoms with Gasteiger partial charge in [0.2, 0.25) is 0 Å². The number of nitrogens with zero attached hydrogens (tertiary/aromatic N) is 6. The lowest BCUT2D eigenvalue weighted by Crippen LogP contribution is -2.52. The van der Waals surface area contributed by atoms with Gasteiger partial charge in [-0.25, -0.2) is 14.6 Å². The van der Waals surface area contributed by atoms with E-state index in [1.54, 1.807) is 17.9 Å². The summed E-state index contributed by atoms with van der Waals surface area (Å²) in [6.07, 6.45) is 2.92. The molecule has 0 N–H and O–H groups in total. The molecule has 8 nitrogen and oxygen atoms in total. The predicted octanol–water partition coefficient (Wildman–Crippen LogP) is 2.09. The Morgan fingerprint density at radius 3 is 2.45 bits per heavy atom. The second-order valence-electron chi connectivity index (χ2n) is 7.02. The fourth-order valence-corrected chi connectivity index (χ4v) is 3.34. The van der Waals surface area contributed by atoms with Crippen LogP contribution in [0.5, 0.6) is 5.75 Å². The summed E-state index contributed by atoms with van der Waals surface area (Å²) in [7, 11) is 0. The van der Waals surface area contributed by atoms with Gasteiger partial charge in [-0.3, -0.25) is 4.79 Å². The normalized spacial score (nSPS) is 15.2. The molecule has 0 aliphatic carbocycles. The number of benzene rings is 1. The smallest absolute Gasteiger partial charge is 0.263 e. The average molecular weight is 392 g/mol. The summed E-state index contributed by atoms with van der Waals surface area (Å²) >= 11 is 0. The maximum Gasteiger partial charge on any atom is 0.263 e. The van der Waals surface area contributed by atoms with E-state index in [1.165, 1.54) is 0 Å². The molecule has 1 atom stereocenters. The molecule has 0 unspecified atom stereocenters. The Bertz CT molecular complexity index is 966. The number of ether oxygens (including phenoxy) is 1. The van der Waals surface area contributed by atoms with Crippen molar-refractivity contribution in [3.63, 3.8) is 0 Å². The Labute approximate surface area is 169 Å². The van der Waals surface area contributed by atoms with Gasteiger partial charge in [0.15, 0.2) is 11.9 Å². The fourth-order valence-electron chi connectivity index (χ4n) is 3.34. The van der Waals surface area contributed by atoms with E-state index in [2.05, 4.69) is 20.0 Å². The maximum atomic E-state index is 12.7. The molecule has 1 amide bonds. The van der Waals surface area contributed by atoms with Crippen molar-refractivity contribution in [1.82, 2.24) is 24.6 Å². The topological polar surface area (TPSA) is 76.4 Å². The Morgan fingerprint density at radius 2 is 1.76 bits per heavy atom. The lowest BCUT2D eigenvalue weighted by atomic mass is 10.2. The largest absolute Gasteiger partial charge is 0.481 e. The van der Waals surface area contributed by atoms with E-state index in [9.17, 15) is 4.79 Å². The van der Waals surface area contributed by atoms with Gasteiger partial charge >= 0.3 is 0 Å². The summed E-state index contributed by atoms with van der Waals surface area (Å²) in [5.74, 6) is 2.27. The molecular formula is C21H24N6O2. The van der Waals surface area contributed by atoms with Crippen LogP contribution in [-0.4, -0.2) is 62.8 Å². The van der Waals surface area contributed by atoms with Crippen LogP contribution in [0.15, 0.2) is 55.0 Å². The van der Waals surface area contributed by atoms with Gasteiger partial charge < -0.3 is 14.5 Å². The van der Waals surface area contributed by atoms with E-state index in [0.717, 1.165) is 17.3 Å². The zero-order valence-corrected chi connectivity index (χ0v) is 16.6. The van der Waals surface area contributed by atoms with Gasteiger partial charge in [0.25, 0.3) is 5.91 Å². The highest BCUT2D eigenvalue weighted by Gasteiger charge is 2.26. The summed E-state index contributed by atoms with van der Waals surface area (Å²) in [4.78, 5) is 25.5. The molecule has 150 valence electrons. The van der Waals surface area contributed by atoms with Crippen LogP contribution < -0.4 is 9.64 Å². The van der Waals surface area contributed by atoms with Gasteiger partial charge in [-0.05, 0) is 32.0 Å².